The van der Waals surface area contributed by atoms with Crippen LogP contribution in [-0.2, 0) is 16.4 Å². The Kier molecular flexibility index (Phi) is 6.18. The quantitative estimate of drug-likeness (QED) is 0.681. The lowest BCUT2D eigenvalue weighted by Gasteiger charge is -2.32. The lowest BCUT2D eigenvalue weighted by atomic mass is 10.1. The molecule has 1 saturated heterocycles. The molecule has 0 bridgehead atoms. The topological polar surface area (TPSA) is 49.9 Å². The minimum absolute atomic E-state index is 0.257. The maximum absolute atomic E-state index is 13.8. The van der Waals surface area contributed by atoms with Crippen LogP contribution in [0.15, 0.2) is 66.1 Å². The highest BCUT2D eigenvalue weighted by Gasteiger charge is 2.39. The van der Waals surface area contributed by atoms with Crippen LogP contribution in [0, 0.1) is 0 Å². The second kappa shape index (κ2) is 8.81. The Labute approximate surface area is 177 Å². The summed E-state index contributed by atoms with van der Waals surface area (Å²) in [4.78, 5) is 2.46. The van der Waals surface area contributed by atoms with Crippen molar-refractivity contribution in [2.75, 3.05) is 42.6 Å². The summed E-state index contributed by atoms with van der Waals surface area (Å²) in [6.07, 6.45) is 2.25. The predicted molar refractivity (Wildman–Crippen MR) is 119 cm³/mol. The lowest BCUT2D eigenvalue weighted by Crippen LogP contribution is -2.43. The van der Waals surface area contributed by atoms with Gasteiger partial charge in [0.05, 0.1) is 11.7 Å². The first-order valence-electron chi connectivity index (χ1n) is 9.86. The van der Waals surface area contributed by atoms with Gasteiger partial charge in [-0.05, 0) is 24.1 Å². The fourth-order valence-electron chi connectivity index (χ4n) is 3.93. The van der Waals surface area contributed by atoms with Crippen molar-refractivity contribution in [1.29, 1.82) is 0 Å². The van der Waals surface area contributed by atoms with Crippen LogP contribution >= 0.6 is 11.8 Å². The summed E-state index contributed by atoms with van der Waals surface area (Å²) in [5.74, 6) is 2.44. The summed E-state index contributed by atoms with van der Waals surface area (Å²) in [5.41, 5.74) is 1.84. The summed E-state index contributed by atoms with van der Waals surface area (Å²) in [5, 5.41) is 0. The van der Waals surface area contributed by atoms with E-state index in [0.29, 0.717) is 23.7 Å². The molecule has 5 nitrogen and oxygen atoms in total. The highest BCUT2D eigenvalue weighted by atomic mass is 32.2. The maximum Gasteiger partial charge on any atom is 0.249 e. The van der Waals surface area contributed by atoms with E-state index in [-0.39, 0.29) is 12.6 Å². The first-order valence-corrected chi connectivity index (χ1v) is 12.5. The number of fused-ring (bicyclic) bond motifs is 1. The predicted octanol–water partition coefficient (Wildman–Crippen LogP) is 3.42. The average molecular weight is 431 g/mol. The van der Waals surface area contributed by atoms with Gasteiger partial charge in [-0.2, -0.15) is 16.1 Å². The smallest absolute Gasteiger partial charge is 0.249 e. The van der Waals surface area contributed by atoms with E-state index in [2.05, 4.69) is 11.5 Å². The third-order valence-corrected chi connectivity index (χ3v) is 8.27. The Balaban J connectivity index is 1.76. The molecule has 7 heteroatoms. The van der Waals surface area contributed by atoms with Crippen LogP contribution in [0.25, 0.3) is 0 Å². The summed E-state index contributed by atoms with van der Waals surface area (Å²) in [7, 11) is -3.74. The molecule has 0 aliphatic carbocycles. The molecule has 0 N–H and O–H groups in total. The van der Waals surface area contributed by atoms with Gasteiger partial charge in [-0.3, -0.25) is 0 Å². The molecule has 1 atom stereocenters. The lowest BCUT2D eigenvalue weighted by molar-refractivity contribution is 0.219. The molecule has 2 aromatic carbocycles. The number of rotatable bonds is 5. The molecule has 4 rings (SSSR count). The van der Waals surface area contributed by atoms with E-state index in [1.165, 1.54) is 0 Å². The number of anilines is 1. The Morgan fingerprint density at radius 1 is 1.10 bits per heavy atom. The summed E-state index contributed by atoms with van der Waals surface area (Å²) in [6.45, 7) is 6.05. The third kappa shape index (κ3) is 4.17. The average Bonchev–Trinajstić information content (AvgIpc) is 2.85. The Hall–Kier alpha value is -1.96. The Morgan fingerprint density at radius 3 is 2.59 bits per heavy atom. The summed E-state index contributed by atoms with van der Waals surface area (Å²) >= 11 is 1.90. The van der Waals surface area contributed by atoms with E-state index in [9.17, 15) is 8.42 Å². The number of nitrogens with zero attached hydrogens (tertiary/aromatic N) is 2. The van der Waals surface area contributed by atoms with E-state index in [4.69, 9.17) is 4.74 Å². The van der Waals surface area contributed by atoms with Crippen molar-refractivity contribution >= 4 is 27.5 Å². The largest absolute Gasteiger partial charge is 0.490 e. The van der Waals surface area contributed by atoms with Gasteiger partial charge in [0.2, 0.25) is 10.0 Å². The number of benzene rings is 2. The highest BCUT2D eigenvalue weighted by molar-refractivity contribution is 7.99. The van der Waals surface area contributed by atoms with Crippen LogP contribution in [-0.4, -0.2) is 56.5 Å². The second-order valence-corrected chi connectivity index (χ2v) is 10.3. The van der Waals surface area contributed by atoms with Crippen molar-refractivity contribution in [3.63, 3.8) is 0 Å². The zero-order chi connectivity index (χ0) is 20.3. The third-order valence-electron chi connectivity index (χ3n) is 5.34. The fourth-order valence-corrected chi connectivity index (χ4v) is 6.74. The van der Waals surface area contributed by atoms with E-state index in [0.717, 1.165) is 35.8 Å². The van der Waals surface area contributed by atoms with Crippen molar-refractivity contribution in [3.05, 3.63) is 66.7 Å². The number of hydrogen-bond donors (Lipinski definition) is 0. The van der Waals surface area contributed by atoms with Gasteiger partial charge in [0.25, 0.3) is 0 Å². The molecular weight excluding hydrogens is 404 g/mol. The van der Waals surface area contributed by atoms with Crippen LogP contribution in [0.5, 0.6) is 5.75 Å². The van der Waals surface area contributed by atoms with Gasteiger partial charge in [0.1, 0.15) is 17.3 Å². The molecule has 2 aromatic rings. The molecule has 2 aliphatic rings. The van der Waals surface area contributed by atoms with E-state index in [1.807, 2.05) is 54.2 Å². The van der Waals surface area contributed by atoms with Gasteiger partial charge in [-0.15, -0.1) is 6.58 Å². The first kappa shape index (κ1) is 20.3. The summed E-state index contributed by atoms with van der Waals surface area (Å²) in [6, 6.07) is 15.2. The minimum atomic E-state index is -3.74. The standard InChI is InChI=1S/C22H26N2O3S2/c1-2-11-24-19(16-18-7-4-3-5-8-18)17-27-21-10-6-9-20(22(21)29(24,25)26)23-12-14-28-15-13-23/h2-10,19H,1,11-17H2/t19-/m0/s1. The van der Waals surface area contributed by atoms with E-state index >= 15 is 0 Å². The minimum Gasteiger partial charge on any atom is -0.490 e. The molecule has 2 heterocycles. The second-order valence-electron chi connectivity index (χ2n) is 7.22. The zero-order valence-corrected chi connectivity index (χ0v) is 18.0. The monoisotopic (exact) mass is 430 g/mol. The molecule has 154 valence electrons. The number of sulfonamides is 1. The van der Waals surface area contributed by atoms with Crippen LogP contribution in [0.2, 0.25) is 0 Å². The van der Waals surface area contributed by atoms with Gasteiger partial charge in [0, 0.05) is 31.1 Å². The van der Waals surface area contributed by atoms with Crippen LogP contribution in [0.1, 0.15) is 5.56 Å². The van der Waals surface area contributed by atoms with Gasteiger partial charge in [-0.1, -0.05) is 42.5 Å². The number of ether oxygens (including phenoxy) is 1. The normalized spacial score (nSPS) is 21.7. The van der Waals surface area contributed by atoms with Gasteiger partial charge < -0.3 is 9.64 Å². The van der Waals surface area contributed by atoms with E-state index in [1.54, 1.807) is 16.4 Å². The van der Waals surface area contributed by atoms with Crippen molar-refractivity contribution in [2.45, 2.75) is 17.4 Å². The molecule has 0 amide bonds. The molecular formula is C22H26N2O3S2. The van der Waals surface area contributed by atoms with Crippen LogP contribution in [0.3, 0.4) is 0 Å². The SMILES string of the molecule is C=CCN1[C@@H](Cc2ccccc2)COc2cccc(N3CCSCC3)c2S1(=O)=O. The highest BCUT2D eigenvalue weighted by Crippen LogP contribution is 2.39. The van der Waals surface area contributed by atoms with Crippen LogP contribution < -0.4 is 9.64 Å². The molecule has 29 heavy (non-hydrogen) atoms. The van der Waals surface area contributed by atoms with Crippen molar-refractivity contribution in [3.8, 4) is 5.75 Å². The zero-order valence-electron chi connectivity index (χ0n) is 16.4. The van der Waals surface area contributed by atoms with Gasteiger partial charge >= 0.3 is 0 Å². The molecule has 0 saturated carbocycles. The van der Waals surface area contributed by atoms with Crippen LogP contribution in [0.4, 0.5) is 5.69 Å². The van der Waals surface area contributed by atoms with E-state index < -0.39 is 10.0 Å². The Bertz CT molecular complexity index is 957. The number of thioether (sulfide) groups is 1. The Morgan fingerprint density at radius 2 is 1.86 bits per heavy atom. The van der Waals surface area contributed by atoms with Crippen molar-refractivity contribution in [2.24, 2.45) is 0 Å². The van der Waals surface area contributed by atoms with Gasteiger partial charge in [0.15, 0.2) is 0 Å². The molecule has 0 radical (unpaired) electrons. The van der Waals surface area contributed by atoms with Crippen molar-refractivity contribution < 1.29 is 13.2 Å². The molecule has 2 aliphatic heterocycles. The maximum atomic E-state index is 13.8. The molecule has 0 aromatic heterocycles. The first-order chi connectivity index (χ1) is 14.1. The van der Waals surface area contributed by atoms with Crippen molar-refractivity contribution in [1.82, 2.24) is 4.31 Å². The number of hydrogen-bond acceptors (Lipinski definition) is 5. The molecule has 0 spiro atoms. The molecule has 0 unspecified atom stereocenters. The van der Waals surface area contributed by atoms with Gasteiger partial charge in [-0.25, -0.2) is 8.42 Å². The fraction of sp³-hybridized carbons (Fsp3) is 0.364. The molecule has 1 fully saturated rings. The summed E-state index contributed by atoms with van der Waals surface area (Å²) < 4.78 is 35.3.